The summed E-state index contributed by atoms with van der Waals surface area (Å²) in [6.45, 7) is 2.00. The number of fused-ring (bicyclic) bond motifs is 2. The van der Waals surface area contributed by atoms with Gasteiger partial charge in [-0.05, 0) is 49.7 Å². The first-order chi connectivity index (χ1) is 13.4. The average Bonchev–Trinajstić information content (AvgIpc) is 3.35. The number of nitrogens with zero attached hydrogens (tertiary/aromatic N) is 2. The minimum atomic E-state index is -3.30. The van der Waals surface area contributed by atoms with Crippen molar-refractivity contribution in [1.82, 2.24) is 14.5 Å². The van der Waals surface area contributed by atoms with Crippen LogP contribution in [0.2, 0.25) is 5.02 Å². The Balaban J connectivity index is 1.37. The minimum Gasteiger partial charge on any atom is -0.385 e. The minimum absolute atomic E-state index is 0.150. The number of rotatable bonds is 3. The fourth-order valence-corrected chi connectivity index (χ4v) is 7.54. The number of hydrogen-bond acceptors (Lipinski definition) is 5. The van der Waals surface area contributed by atoms with Gasteiger partial charge in [-0.2, -0.15) is 5.10 Å². The molecule has 0 bridgehead atoms. The molecule has 7 nitrogen and oxygen atoms in total. The lowest BCUT2D eigenvalue weighted by molar-refractivity contribution is 0.0351. The van der Waals surface area contributed by atoms with Gasteiger partial charge in [0.15, 0.2) is 0 Å². The number of hydrogen-bond donors (Lipinski definition) is 2. The first-order valence-electron chi connectivity index (χ1n) is 9.79. The normalized spacial score (nSPS) is 32.2. The highest BCUT2D eigenvalue weighted by Crippen LogP contribution is 2.51. The molecule has 2 aromatic rings. The molecule has 3 atom stereocenters. The lowest BCUT2D eigenvalue weighted by Gasteiger charge is -2.29. The molecule has 1 saturated carbocycles. The summed E-state index contributed by atoms with van der Waals surface area (Å²) in [4.78, 5) is 0. The van der Waals surface area contributed by atoms with E-state index in [0.717, 1.165) is 16.5 Å². The summed E-state index contributed by atoms with van der Waals surface area (Å²) in [7, 11) is -3.30. The van der Waals surface area contributed by atoms with E-state index in [9.17, 15) is 13.5 Å². The smallest absolute Gasteiger partial charge is 0.217 e. The molecular formula is C19H24ClN3O4S. The highest BCUT2D eigenvalue weighted by atomic mass is 35.5. The molecule has 1 aromatic carbocycles. The Kier molecular flexibility index (Phi) is 4.48. The number of aromatic nitrogens is 2. The van der Waals surface area contributed by atoms with E-state index in [-0.39, 0.29) is 17.1 Å². The largest absolute Gasteiger partial charge is 0.385 e. The third kappa shape index (κ3) is 2.97. The van der Waals surface area contributed by atoms with Crippen LogP contribution in [0.15, 0.2) is 18.3 Å². The molecule has 0 radical (unpaired) electrons. The molecule has 2 aliphatic heterocycles. The Morgan fingerprint density at radius 3 is 2.57 bits per heavy atom. The number of ether oxygens (including phenoxy) is 1. The van der Waals surface area contributed by atoms with Gasteiger partial charge in [-0.15, -0.1) is 0 Å². The molecule has 5 rings (SSSR count). The average molecular weight is 426 g/mol. The predicted octanol–water partition coefficient (Wildman–Crippen LogP) is 2.25. The predicted molar refractivity (Wildman–Crippen MR) is 106 cm³/mol. The Morgan fingerprint density at radius 1 is 1.21 bits per heavy atom. The van der Waals surface area contributed by atoms with Gasteiger partial charge in [0.1, 0.15) is 0 Å². The molecule has 3 aliphatic rings. The van der Waals surface area contributed by atoms with Crippen molar-refractivity contribution in [2.45, 2.75) is 36.5 Å². The molecule has 28 heavy (non-hydrogen) atoms. The Morgan fingerprint density at radius 2 is 1.89 bits per heavy atom. The SMILES string of the molecule is O=S(=O)(C1CCOCC1)N1C[C@@H]2CC(O)(c3cc(Cl)cc4cn[nH]c34)C[C@@H]2C1. The summed E-state index contributed by atoms with van der Waals surface area (Å²) in [5.41, 5.74) is 0.554. The maximum Gasteiger partial charge on any atom is 0.217 e. The van der Waals surface area contributed by atoms with Crippen LogP contribution in [0.1, 0.15) is 31.2 Å². The maximum absolute atomic E-state index is 13.0. The number of aromatic amines is 1. The number of sulfonamides is 1. The summed E-state index contributed by atoms with van der Waals surface area (Å²) >= 11 is 6.26. The van der Waals surface area contributed by atoms with Gasteiger partial charge in [-0.25, -0.2) is 12.7 Å². The zero-order valence-electron chi connectivity index (χ0n) is 15.5. The van der Waals surface area contributed by atoms with E-state index in [2.05, 4.69) is 10.2 Å². The van der Waals surface area contributed by atoms with Gasteiger partial charge in [0.2, 0.25) is 10.0 Å². The van der Waals surface area contributed by atoms with E-state index in [1.54, 1.807) is 16.6 Å². The molecule has 9 heteroatoms. The third-order valence-corrected chi connectivity index (χ3v) is 9.26. The van der Waals surface area contributed by atoms with Crippen LogP contribution >= 0.6 is 11.6 Å². The summed E-state index contributed by atoms with van der Waals surface area (Å²) in [5.74, 6) is 0.299. The topological polar surface area (TPSA) is 95.5 Å². The molecule has 1 unspecified atom stereocenters. The van der Waals surface area contributed by atoms with Crippen LogP contribution in [0.4, 0.5) is 0 Å². The zero-order chi connectivity index (χ0) is 19.5. The maximum atomic E-state index is 13.0. The second-order valence-corrected chi connectivity index (χ2v) is 11.1. The molecule has 2 saturated heterocycles. The number of H-pyrrole nitrogens is 1. The number of aliphatic hydroxyl groups is 1. The van der Waals surface area contributed by atoms with Crippen LogP contribution in [-0.2, 0) is 20.4 Å². The number of halogens is 1. The Hall–Kier alpha value is -1.19. The molecular weight excluding hydrogens is 402 g/mol. The van der Waals surface area contributed by atoms with Crippen LogP contribution in [-0.4, -0.2) is 59.6 Å². The van der Waals surface area contributed by atoms with Gasteiger partial charge in [0.05, 0.1) is 22.6 Å². The fraction of sp³-hybridized carbons (Fsp3) is 0.632. The van der Waals surface area contributed by atoms with Crippen LogP contribution in [0, 0.1) is 11.8 Å². The second kappa shape index (κ2) is 6.67. The van der Waals surface area contributed by atoms with Gasteiger partial charge in [0.25, 0.3) is 0 Å². The van der Waals surface area contributed by atoms with Crippen molar-refractivity contribution in [3.8, 4) is 0 Å². The zero-order valence-corrected chi connectivity index (χ0v) is 17.0. The van der Waals surface area contributed by atoms with Crippen LogP contribution in [0.25, 0.3) is 10.9 Å². The van der Waals surface area contributed by atoms with Crippen molar-refractivity contribution in [1.29, 1.82) is 0 Å². The first-order valence-corrected chi connectivity index (χ1v) is 11.7. The van der Waals surface area contributed by atoms with E-state index < -0.39 is 15.6 Å². The van der Waals surface area contributed by atoms with Crippen molar-refractivity contribution >= 4 is 32.5 Å². The Labute approximate surface area is 169 Å². The third-order valence-electron chi connectivity index (χ3n) is 6.71. The van der Waals surface area contributed by atoms with E-state index in [1.807, 2.05) is 6.07 Å². The van der Waals surface area contributed by atoms with Crippen molar-refractivity contribution in [3.05, 3.63) is 28.9 Å². The van der Waals surface area contributed by atoms with Gasteiger partial charge in [-0.3, -0.25) is 5.10 Å². The number of nitrogens with one attached hydrogen (secondary N) is 1. The summed E-state index contributed by atoms with van der Waals surface area (Å²) in [6.07, 6.45) is 3.90. The highest BCUT2D eigenvalue weighted by Gasteiger charge is 2.52. The molecule has 0 amide bonds. The van der Waals surface area contributed by atoms with E-state index >= 15 is 0 Å². The van der Waals surface area contributed by atoms with Crippen molar-refractivity contribution in [2.24, 2.45) is 11.8 Å². The van der Waals surface area contributed by atoms with Crippen molar-refractivity contribution in [2.75, 3.05) is 26.3 Å². The van der Waals surface area contributed by atoms with E-state index in [4.69, 9.17) is 16.3 Å². The molecule has 0 spiro atoms. The fourth-order valence-electron chi connectivity index (χ4n) is 5.31. The standard InChI is InChI=1S/C19H24ClN3O4S/c20-15-5-12-9-21-22-18(12)17(6-15)19(24)7-13-10-23(11-14(13)8-19)28(25,26)16-1-3-27-4-2-16/h5-6,9,13-14,16,24H,1-4,7-8,10-11H2,(H,21,22)/t13-,14+,19?. The number of benzene rings is 1. The lowest BCUT2D eigenvalue weighted by atomic mass is 9.89. The van der Waals surface area contributed by atoms with Gasteiger partial charge in [-0.1, -0.05) is 11.6 Å². The summed E-state index contributed by atoms with van der Waals surface area (Å²) in [5, 5.41) is 19.6. The quantitative estimate of drug-likeness (QED) is 0.786. The Bertz CT molecular complexity index is 988. The van der Waals surface area contributed by atoms with E-state index in [0.29, 0.717) is 57.0 Å². The molecule has 2 N–H and O–H groups in total. The van der Waals surface area contributed by atoms with Gasteiger partial charge >= 0.3 is 0 Å². The molecule has 1 aliphatic carbocycles. The summed E-state index contributed by atoms with van der Waals surface area (Å²) < 4.78 is 33.0. The first kappa shape index (κ1) is 18.8. The van der Waals surface area contributed by atoms with E-state index in [1.165, 1.54) is 0 Å². The highest BCUT2D eigenvalue weighted by molar-refractivity contribution is 7.89. The monoisotopic (exact) mass is 425 g/mol. The van der Waals surface area contributed by atoms with Gasteiger partial charge in [0, 0.05) is 42.3 Å². The van der Waals surface area contributed by atoms with Crippen molar-refractivity contribution < 1.29 is 18.3 Å². The van der Waals surface area contributed by atoms with Crippen LogP contribution in [0.5, 0.6) is 0 Å². The second-order valence-electron chi connectivity index (χ2n) is 8.42. The van der Waals surface area contributed by atoms with Crippen LogP contribution in [0.3, 0.4) is 0 Å². The van der Waals surface area contributed by atoms with Gasteiger partial charge < -0.3 is 9.84 Å². The van der Waals surface area contributed by atoms with Crippen molar-refractivity contribution in [3.63, 3.8) is 0 Å². The molecule has 152 valence electrons. The molecule has 1 aromatic heterocycles. The summed E-state index contributed by atoms with van der Waals surface area (Å²) in [6, 6.07) is 3.63. The molecule has 3 heterocycles. The van der Waals surface area contributed by atoms with Crippen LogP contribution < -0.4 is 0 Å². The lowest BCUT2D eigenvalue weighted by Crippen LogP contribution is -2.41. The molecule has 3 fully saturated rings.